The molecular weight excluding hydrogens is 324 g/mol. The number of carbonyl (C=O) groups excluding carboxylic acids is 1. The van der Waals surface area contributed by atoms with Crippen LogP contribution in [0.5, 0.6) is 0 Å². The van der Waals surface area contributed by atoms with E-state index in [-0.39, 0.29) is 6.04 Å². The van der Waals surface area contributed by atoms with Gasteiger partial charge in [0.15, 0.2) is 0 Å². The molecule has 0 radical (unpaired) electrons. The van der Waals surface area contributed by atoms with E-state index in [1.807, 2.05) is 31.3 Å². The van der Waals surface area contributed by atoms with Gasteiger partial charge in [0.25, 0.3) is 0 Å². The first-order valence-electron chi connectivity index (χ1n) is 9.02. The van der Waals surface area contributed by atoms with Crippen molar-refractivity contribution < 1.29 is 4.79 Å². The summed E-state index contributed by atoms with van der Waals surface area (Å²) in [6, 6.07) is 10.3. The number of nitrogens with two attached hydrogens (primary N) is 1. The van der Waals surface area contributed by atoms with Crippen LogP contribution in [0.25, 0.3) is 22.0 Å². The minimum absolute atomic E-state index is 0.265. The van der Waals surface area contributed by atoms with Crippen molar-refractivity contribution in [3.05, 3.63) is 53.5 Å². The van der Waals surface area contributed by atoms with Gasteiger partial charge in [-0.25, -0.2) is 0 Å². The number of pyridine rings is 2. The van der Waals surface area contributed by atoms with Gasteiger partial charge in [0, 0.05) is 52.2 Å². The van der Waals surface area contributed by atoms with Crippen molar-refractivity contribution >= 4 is 22.9 Å². The lowest BCUT2D eigenvalue weighted by molar-refractivity contribution is -0.112. The van der Waals surface area contributed by atoms with E-state index in [4.69, 9.17) is 10.7 Å². The van der Waals surface area contributed by atoms with Gasteiger partial charge in [-0.05, 0) is 25.8 Å². The lowest BCUT2D eigenvalue weighted by Gasteiger charge is -2.19. The van der Waals surface area contributed by atoms with Crippen molar-refractivity contribution in [2.24, 2.45) is 0 Å². The molecule has 1 unspecified atom stereocenters. The predicted molar refractivity (Wildman–Crippen MR) is 101 cm³/mol. The maximum Gasteiger partial charge on any atom is 0.141 e. The molecule has 3 aromatic rings. The number of aldehydes is 1. The summed E-state index contributed by atoms with van der Waals surface area (Å²) < 4.78 is 0. The van der Waals surface area contributed by atoms with Crippen LogP contribution in [0.4, 0.5) is 5.69 Å². The zero-order valence-electron chi connectivity index (χ0n) is 14.6. The van der Waals surface area contributed by atoms with Crippen molar-refractivity contribution in [3.63, 3.8) is 0 Å². The SMILES string of the molecule is Cc1ccc(-c2cccc3c(N)c4c(nc23)CN(C2CC2)C4C=O)cn1. The Morgan fingerprint density at radius 2 is 2.08 bits per heavy atom. The van der Waals surface area contributed by atoms with E-state index in [0.29, 0.717) is 18.3 Å². The second-order valence-electron chi connectivity index (χ2n) is 7.26. The fourth-order valence-corrected chi connectivity index (χ4v) is 4.03. The molecule has 1 aromatic carbocycles. The largest absolute Gasteiger partial charge is 0.398 e. The molecule has 3 heterocycles. The molecule has 26 heavy (non-hydrogen) atoms. The first kappa shape index (κ1) is 15.5. The Bertz CT molecular complexity index is 1020. The summed E-state index contributed by atoms with van der Waals surface area (Å²) in [5.41, 5.74) is 13.0. The van der Waals surface area contributed by atoms with Crippen molar-refractivity contribution in [1.82, 2.24) is 14.9 Å². The fourth-order valence-electron chi connectivity index (χ4n) is 4.03. The minimum Gasteiger partial charge on any atom is -0.398 e. The summed E-state index contributed by atoms with van der Waals surface area (Å²) in [6.07, 6.45) is 5.19. The standard InChI is InChI=1S/C21H20N4O/c1-12-5-6-13(9-23-12)15-3-2-4-16-20(22)19-17(24-21(15)16)10-25(14-7-8-14)18(19)11-26/h2-6,9,11,14,18H,7-8,10H2,1H3,(H2,22,24). The molecule has 1 aliphatic heterocycles. The molecule has 0 bridgehead atoms. The van der Waals surface area contributed by atoms with Crippen LogP contribution in [0.15, 0.2) is 36.5 Å². The number of carbonyl (C=O) groups is 1. The van der Waals surface area contributed by atoms with Crippen LogP contribution in [0.3, 0.4) is 0 Å². The first-order valence-corrected chi connectivity index (χ1v) is 9.02. The van der Waals surface area contributed by atoms with Crippen LogP contribution in [0.1, 0.15) is 35.8 Å². The van der Waals surface area contributed by atoms with Gasteiger partial charge in [0.05, 0.1) is 17.3 Å². The molecule has 2 aliphatic rings. The van der Waals surface area contributed by atoms with Crippen LogP contribution in [-0.4, -0.2) is 27.2 Å². The van der Waals surface area contributed by atoms with Crippen molar-refractivity contribution in [1.29, 1.82) is 0 Å². The van der Waals surface area contributed by atoms with E-state index >= 15 is 0 Å². The molecule has 1 fully saturated rings. The molecule has 0 spiro atoms. The van der Waals surface area contributed by atoms with E-state index in [2.05, 4.69) is 22.0 Å². The molecule has 2 N–H and O–H groups in total. The van der Waals surface area contributed by atoms with Gasteiger partial charge in [0.2, 0.25) is 0 Å². The topological polar surface area (TPSA) is 72.1 Å². The third-order valence-corrected chi connectivity index (χ3v) is 5.53. The van der Waals surface area contributed by atoms with Crippen LogP contribution < -0.4 is 5.73 Å². The van der Waals surface area contributed by atoms with Gasteiger partial charge in [0.1, 0.15) is 6.29 Å². The van der Waals surface area contributed by atoms with Gasteiger partial charge in [-0.3, -0.25) is 14.9 Å². The van der Waals surface area contributed by atoms with Crippen LogP contribution >= 0.6 is 0 Å². The third kappa shape index (κ3) is 2.24. The predicted octanol–water partition coefficient (Wildman–Crippen LogP) is 3.41. The number of nitrogens with zero attached hydrogens (tertiary/aromatic N) is 3. The molecule has 1 aliphatic carbocycles. The fraction of sp³-hybridized carbons (Fsp3) is 0.286. The van der Waals surface area contributed by atoms with Gasteiger partial charge in [-0.15, -0.1) is 0 Å². The zero-order chi connectivity index (χ0) is 17.8. The normalized spacial score (nSPS) is 19.7. The van der Waals surface area contributed by atoms with Crippen LogP contribution in [-0.2, 0) is 11.3 Å². The lowest BCUT2D eigenvalue weighted by Crippen LogP contribution is -2.25. The summed E-state index contributed by atoms with van der Waals surface area (Å²) >= 11 is 0. The Balaban J connectivity index is 1.72. The number of hydrogen-bond donors (Lipinski definition) is 1. The molecule has 5 nitrogen and oxygen atoms in total. The van der Waals surface area contributed by atoms with Gasteiger partial charge in [-0.1, -0.05) is 24.3 Å². The van der Waals surface area contributed by atoms with E-state index in [9.17, 15) is 4.79 Å². The summed E-state index contributed by atoms with van der Waals surface area (Å²) in [7, 11) is 0. The molecule has 2 aromatic heterocycles. The Morgan fingerprint density at radius 1 is 1.23 bits per heavy atom. The minimum atomic E-state index is -0.265. The van der Waals surface area contributed by atoms with Gasteiger partial charge in [-0.2, -0.15) is 0 Å². The Hall–Kier alpha value is -2.79. The number of rotatable bonds is 3. The lowest BCUT2D eigenvalue weighted by atomic mass is 9.98. The van der Waals surface area contributed by atoms with Crippen molar-refractivity contribution in [2.45, 2.75) is 38.4 Å². The highest BCUT2D eigenvalue weighted by Gasteiger charge is 2.41. The molecule has 5 heteroatoms. The summed E-state index contributed by atoms with van der Waals surface area (Å²) in [6.45, 7) is 2.67. The first-order chi connectivity index (χ1) is 12.7. The molecule has 130 valence electrons. The van der Waals surface area contributed by atoms with Gasteiger partial charge < -0.3 is 10.5 Å². The number of aryl methyl sites for hydroxylation is 1. The van der Waals surface area contributed by atoms with Crippen LogP contribution in [0, 0.1) is 6.92 Å². The van der Waals surface area contributed by atoms with Crippen molar-refractivity contribution in [3.8, 4) is 11.1 Å². The smallest absolute Gasteiger partial charge is 0.141 e. The number of anilines is 1. The Kier molecular flexibility index (Phi) is 3.34. The van der Waals surface area contributed by atoms with Gasteiger partial charge >= 0.3 is 0 Å². The second kappa shape index (κ2) is 5.61. The Morgan fingerprint density at radius 3 is 2.77 bits per heavy atom. The maximum atomic E-state index is 11.8. The number of aromatic nitrogens is 2. The number of hydrogen-bond acceptors (Lipinski definition) is 5. The molecule has 1 saturated carbocycles. The van der Waals surface area contributed by atoms with Crippen LogP contribution in [0.2, 0.25) is 0 Å². The van der Waals surface area contributed by atoms with E-state index in [1.165, 1.54) is 0 Å². The average molecular weight is 344 g/mol. The van der Waals surface area contributed by atoms with E-state index < -0.39 is 0 Å². The number of fused-ring (bicyclic) bond motifs is 2. The number of benzene rings is 1. The van der Waals surface area contributed by atoms with E-state index in [0.717, 1.165) is 58.1 Å². The Labute approximate surface area is 151 Å². The number of para-hydroxylation sites is 1. The molecule has 1 atom stereocenters. The molecule has 5 rings (SSSR count). The quantitative estimate of drug-likeness (QED) is 0.737. The molecule has 0 amide bonds. The monoisotopic (exact) mass is 344 g/mol. The van der Waals surface area contributed by atoms with E-state index in [1.54, 1.807) is 0 Å². The number of nitrogen functional groups attached to an aromatic ring is 1. The summed E-state index contributed by atoms with van der Waals surface area (Å²) in [5.74, 6) is 0. The second-order valence-corrected chi connectivity index (χ2v) is 7.26. The molecular formula is C21H20N4O. The average Bonchev–Trinajstić information content (AvgIpc) is 3.43. The van der Waals surface area contributed by atoms with Crippen molar-refractivity contribution in [2.75, 3.05) is 5.73 Å². The highest BCUT2D eigenvalue weighted by atomic mass is 16.1. The zero-order valence-corrected chi connectivity index (χ0v) is 14.6. The maximum absolute atomic E-state index is 11.8. The summed E-state index contributed by atoms with van der Waals surface area (Å²) in [4.78, 5) is 23.4. The highest BCUT2D eigenvalue weighted by Crippen LogP contribution is 2.45. The molecule has 0 saturated heterocycles. The highest BCUT2D eigenvalue weighted by molar-refractivity contribution is 6.01. The third-order valence-electron chi connectivity index (χ3n) is 5.53. The summed E-state index contributed by atoms with van der Waals surface area (Å²) in [5, 5.41) is 0.909.